The van der Waals surface area contributed by atoms with Crippen molar-refractivity contribution in [2.45, 2.75) is 6.18 Å². The van der Waals surface area contributed by atoms with Gasteiger partial charge < -0.3 is 31.4 Å². The van der Waals surface area contributed by atoms with Crippen LogP contribution in [0.3, 0.4) is 0 Å². The van der Waals surface area contributed by atoms with Crippen molar-refractivity contribution >= 4 is 41.3 Å². The predicted octanol–water partition coefficient (Wildman–Crippen LogP) is 2.73. The molecule has 5 N–H and O–H groups in total. The molecule has 1 amide bonds. The molecule has 0 radical (unpaired) electrons. The number of rotatable bonds is 6. The van der Waals surface area contributed by atoms with E-state index >= 15 is 0 Å². The summed E-state index contributed by atoms with van der Waals surface area (Å²) in [6.07, 6.45) is 0.0347. The molecule has 0 unspecified atom stereocenters. The Balaban J connectivity index is 1.88. The number of hydrogen-bond donors (Lipinski definition) is 4. The molecule has 0 bridgehead atoms. The number of amides is 1. The van der Waals surface area contributed by atoms with Crippen molar-refractivity contribution in [3.05, 3.63) is 41.1 Å². The van der Waals surface area contributed by atoms with Crippen LogP contribution in [-0.4, -0.2) is 60.3 Å². The SMILES string of the molecule is CNc1nc(Nc2cc(/C=C/C(=O)N3CCOCC3)cc(N)c2C=N)ncc1C(F)(F)F. The fourth-order valence-corrected chi connectivity index (χ4v) is 3.08. The van der Waals surface area contributed by atoms with E-state index in [-0.39, 0.29) is 17.5 Å². The largest absolute Gasteiger partial charge is 0.421 e. The van der Waals surface area contributed by atoms with E-state index in [4.69, 9.17) is 15.9 Å². The van der Waals surface area contributed by atoms with E-state index in [9.17, 15) is 18.0 Å². The van der Waals surface area contributed by atoms with Gasteiger partial charge in [-0.1, -0.05) is 0 Å². The highest BCUT2D eigenvalue weighted by Crippen LogP contribution is 2.34. The van der Waals surface area contributed by atoms with Crippen molar-refractivity contribution in [2.24, 2.45) is 0 Å². The first-order valence-corrected chi connectivity index (χ1v) is 9.60. The van der Waals surface area contributed by atoms with Gasteiger partial charge in [0, 0.05) is 49.9 Å². The van der Waals surface area contributed by atoms with Gasteiger partial charge in [0.1, 0.15) is 11.4 Å². The molecule has 0 spiro atoms. The first-order valence-electron chi connectivity index (χ1n) is 9.60. The molecule has 1 saturated heterocycles. The molecule has 2 heterocycles. The van der Waals surface area contributed by atoms with Crippen LogP contribution >= 0.6 is 0 Å². The normalized spacial score (nSPS) is 14.4. The van der Waals surface area contributed by atoms with Crippen molar-refractivity contribution in [1.82, 2.24) is 14.9 Å². The number of alkyl halides is 3. The number of anilines is 4. The number of halogens is 3. The minimum absolute atomic E-state index is 0.115. The number of ether oxygens (including phenoxy) is 1. The van der Waals surface area contributed by atoms with E-state index in [1.807, 2.05) is 0 Å². The number of nitrogen functional groups attached to an aromatic ring is 1. The molecule has 0 atom stereocenters. The second-order valence-electron chi connectivity index (χ2n) is 6.82. The van der Waals surface area contributed by atoms with Crippen LogP contribution in [0.4, 0.5) is 36.3 Å². The van der Waals surface area contributed by atoms with Gasteiger partial charge >= 0.3 is 6.18 Å². The number of benzene rings is 1. The molecule has 0 saturated carbocycles. The molecule has 2 aromatic rings. The Morgan fingerprint density at radius 2 is 2.03 bits per heavy atom. The summed E-state index contributed by atoms with van der Waals surface area (Å²) >= 11 is 0. The number of hydrogen-bond acceptors (Lipinski definition) is 8. The number of carbonyl (C=O) groups is 1. The summed E-state index contributed by atoms with van der Waals surface area (Å²) in [7, 11) is 1.32. The number of aromatic nitrogens is 2. The summed E-state index contributed by atoms with van der Waals surface area (Å²) in [4.78, 5) is 21.6. The Morgan fingerprint density at radius 3 is 2.66 bits per heavy atom. The molecule has 32 heavy (non-hydrogen) atoms. The zero-order valence-electron chi connectivity index (χ0n) is 17.2. The van der Waals surface area contributed by atoms with E-state index in [1.165, 1.54) is 13.1 Å². The summed E-state index contributed by atoms with van der Waals surface area (Å²) in [6, 6.07) is 3.18. The summed E-state index contributed by atoms with van der Waals surface area (Å²) < 4.78 is 44.4. The highest BCUT2D eigenvalue weighted by Gasteiger charge is 2.35. The van der Waals surface area contributed by atoms with Crippen LogP contribution in [0.5, 0.6) is 0 Å². The van der Waals surface area contributed by atoms with Crippen molar-refractivity contribution in [3.63, 3.8) is 0 Å². The highest BCUT2D eigenvalue weighted by molar-refractivity contribution is 5.96. The topological polar surface area (TPSA) is 129 Å². The van der Waals surface area contributed by atoms with Crippen LogP contribution in [0.25, 0.3) is 6.08 Å². The monoisotopic (exact) mass is 449 g/mol. The smallest absolute Gasteiger partial charge is 0.398 e. The van der Waals surface area contributed by atoms with E-state index in [2.05, 4.69) is 20.6 Å². The molecule has 1 aromatic heterocycles. The Bertz CT molecular complexity index is 1030. The maximum Gasteiger partial charge on any atom is 0.421 e. The summed E-state index contributed by atoms with van der Waals surface area (Å²) in [5.74, 6) is -0.691. The number of nitrogens with one attached hydrogen (secondary N) is 3. The Hall–Kier alpha value is -3.67. The molecule has 170 valence electrons. The van der Waals surface area contributed by atoms with Gasteiger partial charge in [0.2, 0.25) is 11.9 Å². The Kier molecular flexibility index (Phi) is 6.93. The first-order chi connectivity index (χ1) is 15.2. The van der Waals surface area contributed by atoms with Crippen LogP contribution in [0.2, 0.25) is 0 Å². The second-order valence-corrected chi connectivity index (χ2v) is 6.82. The second kappa shape index (κ2) is 9.64. The lowest BCUT2D eigenvalue weighted by atomic mass is 10.1. The first kappa shape index (κ1) is 23.0. The molecular weight excluding hydrogens is 427 g/mol. The zero-order chi connectivity index (χ0) is 23.3. The van der Waals surface area contributed by atoms with E-state index in [0.29, 0.717) is 49.3 Å². The van der Waals surface area contributed by atoms with Crippen molar-refractivity contribution in [1.29, 1.82) is 5.41 Å². The Morgan fingerprint density at radius 1 is 1.31 bits per heavy atom. The quantitative estimate of drug-likeness (QED) is 0.303. The molecule has 3 rings (SSSR count). The van der Waals surface area contributed by atoms with Gasteiger partial charge in [-0.05, 0) is 23.8 Å². The molecule has 1 aromatic carbocycles. The maximum absolute atomic E-state index is 13.1. The average molecular weight is 449 g/mol. The summed E-state index contributed by atoms with van der Waals surface area (Å²) in [5, 5.41) is 12.8. The predicted molar refractivity (Wildman–Crippen MR) is 115 cm³/mol. The lowest BCUT2D eigenvalue weighted by Gasteiger charge is -2.25. The van der Waals surface area contributed by atoms with Gasteiger partial charge in [-0.3, -0.25) is 4.79 Å². The van der Waals surface area contributed by atoms with Crippen LogP contribution in [0.1, 0.15) is 16.7 Å². The van der Waals surface area contributed by atoms with Gasteiger partial charge in [0.15, 0.2) is 0 Å². The van der Waals surface area contributed by atoms with Crippen molar-refractivity contribution in [3.8, 4) is 0 Å². The summed E-state index contributed by atoms with van der Waals surface area (Å²) in [6.45, 7) is 1.97. The Labute approximate surface area is 182 Å². The number of nitrogens with zero attached hydrogens (tertiary/aromatic N) is 3. The third-order valence-electron chi connectivity index (χ3n) is 4.70. The third kappa shape index (κ3) is 5.32. The van der Waals surface area contributed by atoms with Crippen LogP contribution < -0.4 is 16.4 Å². The molecule has 12 heteroatoms. The molecule has 1 aliphatic rings. The average Bonchev–Trinajstić information content (AvgIpc) is 2.77. The van der Waals surface area contributed by atoms with Gasteiger partial charge in [0.25, 0.3) is 0 Å². The zero-order valence-corrected chi connectivity index (χ0v) is 17.2. The van der Waals surface area contributed by atoms with E-state index in [1.54, 1.807) is 23.1 Å². The van der Waals surface area contributed by atoms with E-state index < -0.39 is 17.6 Å². The molecule has 1 fully saturated rings. The fourth-order valence-electron chi connectivity index (χ4n) is 3.08. The van der Waals surface area contributed by atoms with Gasteiger partial charge in [-0.2, -0.15) is 18.2 Å². The number of carbonyl (C=O) groups excluding carboxylic acids is 1. The minimum Gasteiger partial charge on any atom is -0.398 e. The molecule has 1 aliphatic heterocycles. The lowest BCUT2D eigenvalue weighted by molar-refractivity contribution is -0.137. The third-order valence-corrected chi connectivity index (χ3v) is 4.70. The number of morpholine rings is 1. The maximum atomic E-state index is 13.1. The van der Waals surface area contributed by atoms with Gasteiger partial charge in [-0.15, -0.1) is 0 Å². The summed E-state index contributed by atoms with van der Waals surface area (Å²) in [5.41, 5.74) is 6.43. The minimum atomic E-state index is -4.61. The number of nitrogens with two attached hydrogens (primary N) is 1. The van der Waals surface area contributed by atoms with Crippen molar-refractivity contribution < 1.29 is 22.7 Å². The van der Waals surface area contributed by atoms with Crippen LogP contribution in [-0.2, 0) is 15.7 Å². The highest BCUT2D eigenvalue weighted by atomic mass is 19.4. The van der Waals surface area contributed by atoms with Crippen LogP contribution in [0.15, 0.2) is 24.4 Å². The molecule has 9 nitrogen and oxygen atoms in total. The van der Waals surface area contributed by atoms with Crippen LogP contribution in [0, 0.1) is 5.41 Å². The van der Waals surface area contributed by atoms with E-state index in [0.717, 1.165) is 6.21 Å². The lowest BCUT2D eigenvalue weighted by Crippen LogP contribution is -2.39. The molecular formula is C20H22F3N7O2. The van der Waals surface area contributed by atoms with Gasteiger partial charge in [0.05, 0.1) is 18.9 Å². The standard InChI is InChI=1S/C20H22F3N7O2/c1-26-18-14(20(21,22)23)11-27-19(29-18)28-16-9-12(8-15(25)13(16)10-24)2-3-17(31)30-4-6-32-7-5-30/h2-3,8-11,24H,4-7,25H2,1H3,(H2,26,27,28,29)/b3-2+,24-10?. The fraction of sp³-hybridized carbons (Fsp3) is 0.300. The van der Waals surface area contributed by atoms with Crippen molar-refractivity contribution in [2.75, 3.05) is 49.7 Å². The van der Waals surface area contributed by atoms with Gasteiger partial charge in [-0.25, -0.2) is 4.98 Å². The molecule has 0 aliphatic carbocycles.